The van der Waals surface area contributed by atoms with E-state index in [1.165, 1.54) is 4.31 Å². The highest BCUT2D eigenvalue weighted by molar-refractivity contribution is 7.89. The van der Waals surface area contributed by atoms with E-state index in [1.54, 1.807) is 48.2 Å². The Bertz CT molecular complexity index is 1160. The molecule has 0 aliphatic carbocycles. The molecule has 3 aromatic rings. The number of carbonyl (C=O) groups excluding carboxylic acids is 1. The molecule has 1 aliphatic heterocycles. The van der Waals surface area contributed by atoms with Crippen LogP contribution in [0.15, 0.2) is 83.8 Å². The summed E-state index contributed by atoms with van der Waals surface area (Å²) in [6.45, 7) is 4.04. The predicted molar refractivity (Wildman–Crippen MR) is 120 cm³/mol. The molecule has 0 radical (unpaired) electrons. The molecule has 1 aliphatic rings. The topological polar surface area (TPSA) is 66.9 Å². The number of anilines is 1. The normalized spacial score (nSPS) is 17.5. The molecule has 160 valence electrons. The molecule has 1 fully saturated rings. The maximum atomic E-state index is 13.1. The number of hydrogen-bond donors (Lipinski definition) is 0. The number of rotatable bonds is 5. The van der Waals surface area contributed by atoms with Gasteiger partial charge in [0, 0.05) is 18.8 Å². The molecule has 0 aromatic heterocycles. The van der Waals surface area contributed by atoms with E-state index in [9.17, 15) is 13.2 Å². The smallest absolute Gasteiger partial charge is 0.245 e. The number of aryl methyl sites for hydroxylation is 1. The van der Waals surface area contributed by atoms with Crippen molar-refractivity contribution in [3.63, 3.8) is 0 Å². The van der Waals surface area contributed by atoms with Crippen LogP contribution in [0.3, 0.4) is 0 Å². The number of carbonyl (C=O) groups is 1. The molecule has 0 spiro atoms. The van der Waals surface area contributed by atoms with E-state index in [1.807, 2.05) is 49.4 Å². The van der Waals surface area contributed by atoms with Crippen LogP contribution in [0, 0.1) is 6.92 Å². The quantitative estimate of drug-likeness (QED) is 0.601. The molecule has 0 bridgehead atoms. The summed E-state index contributed by atoms with van der Waals surface area (Å²) in [7, 11) is -3.74. The van der Waals surface area contributed by atoms with Crippen molar-refractivity contribution in [3.8, 4) is 11.5 Å². The van der Waals surface area contributed by atoms with Gasteiger partial charge in [-0.1, -0.05) is 35.9 Å². The van der Waals surface area contributed by atoms with Crippen molar-refractivity contribution in [2.75, 3.05) is 18.0 Å². The Labute approximate surface area is 182 Å². The summed E-state index contributed by atoms with van der Waals surface area (Å²) in [5, 5.41) is 0. The molecular weight excluding hydrogens is 412 g/mol. The molecule has 1 saturated heterocycles. The van der Waals surface area contributed by atoms with Crippen LogP contribution in [0.25, 0.3) is 0 Å². The minimum absolute atomic E-state index is 0.202. The highest BCUT2D eigenvalue weighted by Gasteiger charge is 2.39. The standard InChI is InChI=1S/C24H24N2O4S/c1-18-8-14-23(15-9-18)31(28,29)26-17-16-25(24(27)19(26)2)20-10-12-22(13-11-20)30-21-6-4-3-5-7-21/h3-15,19H,16-17H2,1-2H3. The van der Waals surface area contributed by atoms with Crippen molar-refractivity contribution in [3.05, 3.63) is 84.4 Å². The van der Waals surface area contributed by atoms with Crippen molar-refractivity contribution in [1.82, 2.24) is 4.31 Å². The van der Waals surface area contributed by atoms with E-state index in [0.717, 1.165) is 11.3 Å². The second-order valence-electron chi connectivity index (χ2n) is 7.50. The first kappa shape index (κ1) is 21.1. The number of amides is 1. The van der Waals surface area contributed by atoms with Gasteiger partial charge in [0.25, 0.3) is 0 Å². The van der Waals surface area contributed by atoms with Crippen LogP contribution in [0.5, 0.6) is 11.5 Å². The SMILES string of the molecule is Cc1ccc(S(=O)(=O)N2CCN(c3ccc(Oc4ccccc4)cc3)C(=O)C2C)cc1. The number of ether oxygens (including phenoxy) is 1. The van der Waals surface area contributed by atoms with Gasteiger partial charge in [-0.25, -0.2) is 8.42 Å². The molecule has 7 heteroatoms. The van der Waals surface area contributed by atoms with Gasteiger partial charge in [0.15, 0.2) is 0 Å². The zero-order valence-corrected chi connectivity index (χ0v) is 18.2. The number of nitrogens with zero attached hydrogens (tertiary/aromatic N) is 2. The number of piperazine rings is 1. The Morgan fingerprint density at radius 1 is 0.839 bits per heavy atom. The third-order valence-electron chi connectivity index (χ3n) is 5.35. The lowest BCUT2D eigenvalue weighted by atomic mass is 10.2. The molecule has 1 atom stereocenters. The van der Waals surface area contributed by atoms with Gasteiger partial charge in [-0.2, -0.15) is 4.31 Å². The highest BCUT2D eigenvalue weighted by atomic mass is 32.2. The Morgan fingerprint density at radius 3 is 2.10 bits per heavy atom. The first-order valence-corrected chi connectivity index (χ1v) is 11.5. The molecule has 6 nitrogen and oxygen atoms in total. The van der Waals surface area contributed by atoms with Gasteiger partial charge >= 0.3 is 0 Å². The molecule has 1 amide bonds. The Balaban J connectivity index is 1.49. The lowest BCUT2D eigenvalue weighted by molar-refractivity contribution is -0.123. The lowest BCUT2D eigenvalue weighted by Crippen LogP contribution is -2.57. The average Bonchev–Trinajstić information content (AvgIpc) is 2.77. The largest absolute Gasteiger partial charge is 0.457 e. The minimum Gasteiger partial charge on any atom is -0.457 e. The van der Waals surface area contributed by atoms with Crippen molar-refractivity contribution < 1.29 is 17.9 Å². The van der Waals surface area contributed by atoms with E-state index < -0.39 is 16.1 Å². The predicted octanol–water partition coefficient (Wildman–Crippen LogP) is 4.21. The number of sulfonamides is 1. The van der Waals surface area contributed by atoms with Crippen LogP contribution in [-0.2, 0) is 14.8 Å². The van der Waals surface area contributed by atoms with Crippen LogP contribution in [0.2, 0.25) is 0 Å². The van der Waals surface area contributed by atoms with Crippen LogP contribution in [-0.4, -0.2) is 37.8 Å². The van der Waals surface area contributed by atoms with Gasteiger partial charge in [0.2, 0.25) is 15.9 Å². The summed E-state index contributed by atoms with van der Waals surface area (Å²) >= 11 is 0. The Morgan fingerprint density at radius 2 is 1.45 bits per heavy atom. The number of para-hydroxylation sites is 1. The molecular formula is C24H24N2O4S. The average molecular weight is 437 g/mol. The molecule has 1 unspecified atom stereocenters. The third-order valence-corrected chi connectivity index (χ3v) is 7.34. The van der Waals surface area contributed by atoms with Gasteiger partial charge in [0.05, 0.1) is 4.90 Å². The number of hydrogen-bond acceptors (Lipinski definition) is 4. The second-order valence-corrected chi connectivity index (χ2v) is 9.39. The summed E-state index contributed by atoms with van der Waals surface area (Å²) in [5.41, 5.74) is 1.69. The Hall–Kier alpha value is -3.16. The molecule has 31 heavy (non-hydrogen) atoms. The van der Waals surface area contributed by atoms with Crippen LogP contribution >= 0.6 is 0 Å². The Kier molecular flexibility index (Phi) is 5.80. The maximum absolute atomic E-state index is 13.1. The molecule has 3 aromatic carbocycles. The van der Waals surface area contributed by atoms with Crippen molar-refractivity contribution in [2.24, 2.45) is 0 Å². The van der Waals surface area contributed by atoms with Gasteiger partial charge in [-0.05, 0) is 62.4 Å². The zero-order chi connectivity index (χ0) is 22.0. The highest BCUT2D eigenvalue weighted by Crippen LogP contribution is 2.28. The first-order chi connectivity index (χ1) is 14.9. The monoisotopic (exact) mass is 436 g/mol. The summed E-state index contributed by atoms with van der Waals surface area (Å²) in [6.07, 6.45) is 0. The fourth-order valence-electron chi connectivity index (χ4n) is 3.60. The van der Waals surface area contributed by atoms with E-state index in [0.29, 0.717) is 11.4 Å². The van der Waals surface area contributed by atoms with Crippen LogP contribution < -0.4 is 9.64 Å². The van der Waals surface area contributed by atoms with Gasteiger partial charge in [0.1, 0.15) is 17.5 Å². The summed E-state index contributed by atoms with van der Waals surface area (Å²) in [5.74, 6) is 1.14. The van der Waals surface area contributed by atoms with E-state index in [-0.39, 0.29) is 23.9 Å². The zero-order valence-electron chi connectivity index (χ0n) is 17.4. The molecule has 4 rings (SSSR count). The van der Waals surface area contributed by atoms with Crippen molar-refractivity contribution in [2.45, 2.75) is 24.8 Å². The van der Waals surface area contributed by atoms with E-state index in [4.69, 9.17) is 4.74 Å². The molecule has 0 N–H and O–H groups in total. The summed E-state index contributed by atoms with van der Waals surface area (Å²) in [6, 6.07) is 22.6. The van der Waals surface area contributed by atoms with Crippen LogP contribution in [0.1, 0.15) is 12.5 Å². The molecule has 0 saturated carbocycles. The summed E-state index contributed by atoms with van der Waals surface area (Å²) < 4.78 is 33.2. The first-order valence-electron chi connectivity index (χ1n) is 10.1. The van der Waals surface area contributed by atoms with E-state index in [2.05, 4.69) is 0 Å². The van der Waals surface area contributed by atoms with Crippen LogP contribution in [0.4, 0.5) is 5.69 Å². The third kappa shape index (κ3) is 4.33. The fraction of sp³-hybridized carbons (Fsp3) is 0.208. The van der Waals surface area contributed by atoms with Crippen molar-refractivity contribution in [1.29, 1.82) is 0 Å². The van der Waals surface area contributed by atoms with Crippen molar-refractivity contribution >= 4 is 21.6 Å². The van der Waals surface area contributed by atoms with Gasteiger partial charge < -0.3 is 9.64 Å². The number of benzene rings is 3. The molecule has 1 heterocycles. The lowest BCUT2D eigenvalue weighted by Gasteiger charge is -2.38. The minimum atomic E-state index is -3.74. The maximum Gasteiger partial charge on any atom is 0.245 e. The van der Waals surface area contributed by atoms with Gasteiger partial charge in [-0.3, -0.25) is 4.79 Å². The van der Waals surface area contributed by atoms with Gasteiger partial charge in [-0.15, -0.1) is 0 Å². The van der Waals surface area contributed by atoms with E-state index >= 15 is 0 Å². The second kappa shape index (κ2) is 8.53. The fourth-order valence-corrected chi connectivity index (χ4v) is 5.18. The summed E-state index contributed by atoms with van der Waals surface area (Å²) in [4.78, 5) is 14.9.